The lowest BCUT2D eigenvalue weighted by Gasteiger charge is -2.36. The molecule has 170 valence electrons. The Balaban J connectivity index is 1.54. The number of carbonyl (C=O) groups is 3. The van der Waals surface area contributed by atoms with E-state index < -0.39 is 0 Å². The summed E-state index contributed by atoms with van der Waals surface area (Å²) in [5, 5.41) is 0. The van der Waals surface area contributed by atoms with Crippen LogP contribution >= 0.6 is 0 Å². The lowest BCUT2D eigenvalue weighted by Crippen LogP contribution is -2.40. The van der Waals surface area contributed by atoms with Gasteiger partial charge >= 0.3 is 5.97 Å². The molecule has 0 radical (unpaired) electrons. The van der Waals surface area contributed by atoms with E-state index in [4.69, 9.17) is 14.2 Å². The van der Waals surface area contributed by atoms with Gasteiger partial charge in [-0.1, -0.05) is 12.5 Å². The van der Waals surface area contributed by atoms with E-state index >= 15 is 0 Å². The Bertz CT molecular complexity index is 791. The molecule has 2 atom stereocenters. The lowest BCUT2D eigenvalue weighted by molar-refractivity contribution is -0.159. The van der Waals surface area contributed by atoms with E-state index in [-0.39, 0.29) is 36.2 Å². The molecule has 1 amide bonds. The number of likely N-dealkylation sites (N-methyl/N-ethyl adjacent to an activating group) is 1. The predicted octanol–water partition coefficient (Wildman–Crippen LogP) is 3.38. The highest BCUT2D eigenvalue weighted by Gasteiger charge is 2.41. The van der Waals surface area contributed by atoms with E-state index in [0.29, 0.717) is 49.8 Å². The van der Waals surface area contributed by atoms with Crippen molar-refractivity contribution in [3.8, 4) is 11.5 Å². The van der Waals surface area contributed by atoms with E-state index in [9.17, 15) is 14.4 Å². The van der Waals surface area contributed by atoms with Gasteiger partial charge in [-0.3, -0.25) is 14.4 Å². The van der Waals surface area contributed by atoms with E-state index in [0.717, 1.165) is 24.8 Å². The summed E-state index contributed by atoms with van der Waals surface area (Å²) in [6, 6.07) is 5.58. The molecule has 2 aliphatic rings. The molecule has 2 bridgehead atoms. The van der Waals surface area contributed by atoms with Crippen molar-refractivity contribution in [1.82, 2.24) is 4.90 Å². The van der Waals surface area contributed by atoms with Crippen molar-refractivity contribution < 1.29 is 28.6 Å². The van der Waals surface area contributed by atoms with E-state index in [1.165, 1.54) is 0 Å². The van der Waals surface area contributed by atoms with Crippen molar-refractivity contribution >= 4 is 17.7 Å². The highest BCUT2D eigenvalue weighted by Crippen LogP contribution is 2.40. The summed E-state index contributed by atoms with van der Waals surface area (Å²) in [4.78, 5) is 39.1. The Morgan fingerprint density at radius 1 is 1.10 bits per heavy atom. The highest BCUT2D eigenvalue weighted by molar-refractivity contribution is 5.88. The summed E-state index contributed by atoms with van der Waals surface area (Å²) in [6.45, 7) is 4.94. The number of ether oxygens (including phenoxy) is 3. The summed E-state index contributed by atoms with van der Waals surface area (Å²) in [6.07, 6.45) is 3.92. The number of ketones is 1. The molecule has 2 aliphatic carbocycles. The second kappa shape index (κ2) is 10.6. The molecule has 0 saturated heterocycles. The zero-order valence-electron chi connectivity index (χ0n) is 18.7. The summed E-state index contributed by atoms with van der Waals surface area (Å²) in [7, 11) is 1.58. The molecule has 0 aliphatic heterocycles. The zero-order valence-corrected chi connectivity index (χ0v) is 18.7. The third kappa shape index (κ3) is 5.57. The molecule has 0 aromatic heterocycles. The minimum atomic E-state index is -0.350. The van der Waals surface area contributed by atoms with Crippen molar-refractivity contribution in [3.63, 3.8) is 0 Å². The molecule has 7 heteroatoms. The fourth-order valence-corrected chi connectivity index (χ4v) is 4.70. The molecular formula is C24H33NO6. The van der Waals surface area contributed by atoms with Crippen LogP contribution in [0.1, 0.15) is 51.5 Å². The molecular weight excluding hydrogens is 398 g/mol. The standard InChI is InChI=1S/C24H33NO6/c1-4-25(14-16-9-10-20(30-5-2)21(11-16)29-3)22(26)15-31-24(28)19-12-17-7-6-8-18(13-19)23(17)27/h9-11,17-19H,4-8,12-15H2,1-3H3/t17-,18-/m1/s1. The van der Waals surface area contributed by atoms with Gasteiger partial charge in [-0.2, -0.15) is 0 Å². The number of hydrogen-bond acceptors (Lipinski definition) is 6. The molecule has 0 unspecified atom stereocenters. The smallest absolute Gasteiger partial charge is 0.309 e. The molecule has 2 saturated carbocycles. The summed E-state index contributed by atoms with van der Waals surface area (Å²) < 4.78 is 16.3. The Labute approximate surface area is 184 Å². The van der Waals surface area contributed by atoms with Crippen molar-refractivity contribution in [3.05, 3.63) is 23.8 Å². The first-order valence-corrected chi connectivity index (χ1v) is 11.2. The average Bonchev–Trinajstić information content (AvgIpc) is 2.76. The van der Waals surface area contributed by atoms with Gasteiger partial charge in [-0.05, 0) is 57.2 Å². The number of esters is 1. The second-order valence-electron chi connectivity index (χ2n) is 8.33. The van der Waals surface area contributed by atoms with Crippen LogP contribution in [0.15, 0.2) is 18.2 Å². The molecule has 7 nitrogen and oxygen atoms in total. The maximum absolute atomic E-state index is 12.7. The fourth-order valence-electron chi connectivity index (χ4n) is 4.70. The van der Waals surface area contributed by atoms with Crippen LogP contribution < -0.4 is 9.47 Å². The number of rotatable bonds is 9. The Morgan fingerprint density at radius 2 is 1.81 bits per heavy atom. The van der Waals surface area contributed by atoms with Gasteiger partial charge in [0.25, 0.3) is 5.91 Å². The number of carbonyl (C=O) groups excluding carboxylic acids is 3. The van der Waals surface area contributed by atoms with E-state index in [1.54, 1.807) is 12.0 Å². The van der Waals surface area contributed by atoms with Crippen LogP contribution in [0.2, 0.25) is 0 Å². The zero-order chi connectivity index (χ0) is 22.4. The molecule has 1 aromatic rings. The SMILES string of the molecule is CCOc1ccc(CN(CC)C(=O)COC(=O)C2C[C@H]3CCC[C@H](C2)C3=O)cc1OC. The first kappa shape index (κ1) is 23.1. The largest absolute Gasteiger partial charge is 0.493 e. The fraction of sp³-hybridized carbons (Fsp3) is 0.625. The molecule has 2 fully saturated rings. The van der Waals surface area contributed by atoms with Crippen LogP contribution in [-0.4, -0.2) is 49.4 Å². The summed E-state index contributed by atoms with van der Waals surface area (Å²) in [5.74, 6) is 0.706. The third-order valence-electron chi connectivity index (χ3n) is 6.35. The molecule has 3 rings (SSSR count). The van der Waals surface area contributed by atoms with Crippen LogP contribution in [0.4, 0.5) is 0 Å². The number of amides is 1. The van der Waals surface area contributed by atoms with Gasteiger partial charge < -0.3 is 19.1 Å². The van der Waals surface area contributed by atoms with Crippen LogP contribution in [0.25, 0.3) is 0 Å². The molecule has 1 aromatic carbocycles. The van der Waals surface area contributed by atoms with Crippen LogP contribution in [0.5, 0.6) is 11.5 Å². The van der Waals surface area contributed by atoms with Crippen LogP contribution in [0, 0.1) is 17.8 Å². The number of methoxy groups -OCH3 is 1. The molecule has 0 N–H and O–H groups in total. The number of Topliss-reactive ketones (excluding diaryl/α,β-unsaturated/α-hetero) is 1. The highest BCUT2D eigenvalue weighted by atomic mass is 16.5. The van der Waals surface area contributed by atoms with Crippen molar-refractivity contribution in [1.29, 1.82) is 0 Å². The normalized spacial score (nSPS) is 22.5. The van der Waals surface area contributed by atoms with Crippen molar-refractivity contribution in [2.24, 2.45) is 17.8 Å². The molecule has 31 heavy (non-hydrogen) atoms. The number of fused-ring (bicyclic) bond motifs is 2. The quantitative estimate of drug-likeness (QED) is 0.558. The minimum Gasteiger partial charge on any atom is -0.493 e. The van der Waals surface area contributed by atoms with Gasteiger partial charge in [0.05, 0.1) is 19.6 Å². The molecule has 0 spiro atoms. The lowest BCUT2D eigenvalue weighted by atomic mass is 9.67. The van der Waals surface area contributed by atoms with Crippen LogP contribution in [-0.2, 0) is 25.7 Å². The van der Waals surface area contributed by atoms with Gasteiger partial charge in [-0.15, -0.1) is 0 Å². The minimum absolute atomic E-state index is 0.0115. The van der Waals surface area contributed by atoms with Gasteiger partial charge in [0, 0.05) is 24.9 Å². The van der Waals surface area contributed by atoms with Gasteiger partial charge in [-0.25, -0.2) is 0 Å². The number of nitrogens with zero attached hydrogens (tertiary/aromatic N) is 1. The van der Waals surface area contributed by atoms with Gasteiger partial charge in [0.2, 0.25) is 0 Å². The Hall–Kier alpha value is -2.57. The monoisotopic (exact) mass is 431 g/mol. The second-order valence-corrected chi connectivity index (χ2v) is 8.33. The topological polar surface area (TPSA) is 82.1 Å². The first-order chi connectivity index (χ1) is 15.0. The Kier molecular flexibility index (Phi) is 7.93. The first-order valence-electron chi connectivity index (χ1n) is 11.2. The maximum Gasteiger partial charge on any atom is 0.309 e. The van der Waals surface area contributed by atoms with Gasteiger partial charge in [0.15, 0.2) is 18.1 Å². The summed E-state index contributed by atoms with van der Waals surface area (Å²) in [5.41, 5.74) is 0.903. The van der Waals surface area contributed by atoms with E-state index in [1.807, 2.05) is 32.0 Å². The van der Waals surface area contributed by atoms with Crippen molar-refractivity contribution in [2.45, 2.75) is 52.5 Å². The summed E-state index contributed by atoms with van der Waals surface area (Å²) >= 11 is 0. The number of benzene rings is 1. The van der Waals surface area contributed by atoms with E-state index in [2.05, 4.69) is 0 Å². The maximum atomic E-state index is 12.7. The number of hydrogen-bond donors (Lipinski definition) is 0. The van der Waals surface area contributed by atoms with Crippen LogP contribution in [0.3, 0.4) is 0 Å². The van der Waals surface area contributed by atoms with Crippen molar-refractivity contribution in [2.75, 3.05) is 26.9 Å². The van der Waals surface area contributed by atoms with Gasteiger partial charge in [0.1, 0.15) is 5.78 Å². The average molecular weight is 432 g/mol. The Morgan fingerprint density at radius 3 is 2.42 bits per heavy atom. The predicted molar refractivity (Wildman–Crippen MR) is 115 cm³/mol. The molecule has 0 heterocycles. The third-order valence-corrected chi connectivity index (χ3v) is 6.35.